The molecule has 1 fully saturated rings. The predicted molar refractivity (Wildman–Crippen MR) is 67.3 cm³/mol. The van der Waals surface area contributed by atoms with Crippen molar-refractivity contribution in [3.8, 4) is 12.3 Å². The number of terminal acetylenes is 1. The van der Waals surface area contributed by atoms with E-state index in [0.29, 0.717) is 25.3 Å². The topological polar surface area (TPSA) is 64.3 Å². The van der Waals surface area contributed by atoms with E-state index in [1.54, 1.807) is 0 Å². The highest BCUT2D eigenvalue weighted by Gasteiger charge is 2.18. The van der Waals surface area contributed by atoms with Gasteiger partial charge in [-0.25, -0.2) is 0 Å². The molecule has 0 heterocycles. The first kappa shape index (κ1) is 14.0. The first-order chi connectivity index (χ1) is 8.22. The van der Waals surface area contributed by atoms with Crippen LogP contribution in [0, 0.1) is 12.3 Å². The first-order valence-corrected chi connectivity index (χ1v) is 6.29. The zero-order valence-electron chi connectivity index (χ0n) is 10.3. The highest BCUT2D eigenvalue weighted by Crippen LogP contribution is 2.19. The SMILES string of the molecule is C#CCC(=O)NCCCOC1CCC(N)CC1. The summed E-state index contributed by atoms with van der Waals surface area (Å²) in [6, 6.07) is 0.359. The normalized spacial score (nSPS) is 24.0. The lowest BCUT2D eigenvalue weighted by molar-refractivity contribution is -0.120. The number of ether oxygens (including phenoxy) is 1. The van der Waals surface area contributed by atoms with Crippen molar-refractivity contribution < 1.29 is 9.53 Å². The molecule has 0 atom stereocenters. The van der Waals surface area contributed by atoms with Gasteiger partial charge in [-0.15, -0.1) is 6.42 Å². The maximum Gasteiger partial charge on any atom is 0.232 e. The van der Waals surface area contributed by atoms with Crippen LogP contribution in [0.2, 0.25) is 0 Å². The second-order valence-corrected chi connectivity index (χ2v) is 4.49. The Kier molecular flexibility index (Phi) is 6.68. The van der Waals surface area contributed by atoms with Crippen LogP contribution in [0.4, 0.5) is 0 Å². The van der Waals surface area contributed by atoms with Gasteiger partial charge >= 0.3 is 0 Å². The van der Waals surface area contributed by atoms with Crippen LogP contribution in [-0.4, -0.2) is 31.2 Å². The van der Waals surface area contributed by atoms with Crippen LogP contribution in [0.1, 0.15) is 38.5 Å². The zero-order valence-corrected chi connectivity index (χ0v) is 10.3. The maximum absolute atomic E-state index is 11.0. The highest BCUT2D eigenvalue weighted by molar-refractivity contribution is 5.78. The van der Waals surface area contributed by atoms with Gasteiger partial charge in [0, 0.05) is 19.2 Å². The number of nitrogens with one attached hydrogen (secondary N) is 1. The van der Waals surface area contributed by atoms with E-state index in [0.717, 1.165) is 32.1 Å². The molecule has 1 saturated carbocycles. The van der Waals surface area contributed by atoms with Gasteiger partial charge in [0.2, 0.25) is 5.91 Å². The number of hydrogen-bond donors (Lipinski definition) is 2. The maximum atomic E-state index is 11.0. The molecule has 17 heavy (non-hydrogen) atoms. The fraction of sp³-hybridized carbons (Fsp3) is 0.769. The molecule has 0 aromatic rings. The average molecular weight is 238 g/mol. The molecular formula is C13H22N2O2. The molecule has 1 aliphatic rings. The van der Waals surface area contributed by atoms with E-state index in [4.69, 9.17) is 16.9 Å². The van der Waals surface area contributed by atoms with Gasteiger partial charge in [0.25, 0.3) is 0 Å². The molecule has 0 unspecified atom stereocenters. The summed E-state index contributed by atoms with van der Waals surface area (Å²) in [7, 11) is 0. The Morgan fingerprint density at radius 3 is 2.76 bits per heavy atom. The molecule has 1 rings (SSSR count). The Morgan fingerprint density at radius 1 is 1.41 bits per heavy atom. The van der Waals surface area contributed by atoms with Crippen LogP contribution in [0.15, 0.2) is 0 Å². The van der Waals surface area contributed by atoms with Gasteiger partial charge in [-0.1, -0.05) is 5.92 Å². The van der Waals surface area contributed by atoms with E-state index in [2.05, 4.69) is 11.2 Å². The van der Waals surface area contributed by atoms with Crippen molar-refractivity contribution in [2.75, 3.05) is 13.2 Å². The smallest absolute Gasteiger partial charge is 0.232 e. The minimum atomic E-state index is -0.0869. The standard InChI is InChI=1S/C13H22N2O2/c1-2-4-13(16)15-9-3-10-17-12-7-5-11(14)6-8-12/h1,11-12H,3-10,14H2,(H,15,16). The lowest BCUT2D eigenvalue weighted by atomic mass is 9.94. The van der Waals surface area contributed by atoms with Crippen LogP contribution in [-0.2, 0) is 9.53 Å². The molecule has 0 aliphatic heterocycles. The van der Waals surface area contributed by atoms with Gasteiger partial charge in [-0.05, 0) is 32.1 Å². The van der Waals surface area contributed by atoms with Gasteiger partial charge in [-0.3, -0.25) is 4.79 Å². The van der Waals surface area contributed by atoms with E-state index in [9.17, 15) is 4.79 Å². The summed E-state index contributed by atoms with van der Waals surface area (Å²) >= 11 is 0. The predicted octanol–water partition coefficient (Wildman–Crippen LogP) is 0.802. The van der Waals surface area contributed by atoms with Gasteiger partial charge in [-0.2, -0.15) is 0 Å². The second kappa shape index (κ2) is 8.10. The van der Waals surface area contributed by atoms with Crippen LogP contribution < -0.4 is 11.1 Å². The van der Waals surface area contributed by atoms with Crippen LogP contribution in [0.25, 0.3) is 0 Å². The minimum absolute atomic E-state index is 0.0869. The summed E-state index contributed by atoms with van der Waals surface area (Å²) in [5, 5.41) is 2.75. The van der Waals surface area contributed by atoms with Crippen LogP contribution in [0.3, 0.4) is 0 Å². The van der Waals surface area contributed by atoms with Crippen molar-refractivity contribution in [1.29, 1.82) is 0 Å². The molecule has 0 radical (unpaired) electrons. The third-order valence-electron chi connectivity index (χ3n) is 2.98. The summed E-state index contributed by atoms with van der Waals surface area (Å²) in [4.78, 5) is 11.0. The summed E-state index contributed by atoms with van der Waals surface area (Å²) in [6.45, 7) is 1.32. The highest BCUT2D eigenvalue weighted by atomic mass is 16.5. The van der Waals surface area contributed by atoms with Gasteiger partial charge < -0.3 is 15.8 Å². The Bertz CT molecular complexity index is 265. The van der Waals surface area contributed by atoms with Gasteiger partial charge in [0.15, 0.2) is 0 Å². The number of hydrogen-bond acceptors (Lipinski definition) is 3. The molecule has 4 heteroatoms. The van der Waals surface area contributed by atoms with Crippen molar-refractivity contribution in [1.82, 2.24) is 5.32 Å². The Hall–Kier alpha value is -1.05. The summed E-state index contributed by atoms with van der Waals surface area (Å²) in [5.41, 5.74) is 5.82. The third kappa shape index (κ3) is 6.30. The first-order valence-electron chi connectivity index (χ1n) is 6.29. The summed E-state index contributed by atoms with van der Waals surface area (Å²) in [5.74, 6) is 2.22. The number of carbonyl (C=O) groups is 1. The molecule has 0 bridgehead atoms. The Morgan fingerprint density at radius 2 is 2.12 bits per heavy atom. The van der Waals surface area contributed by atoms with E-state index < -0.39 is 0 Å². The lowest BCUT2D eigenvalue weighted by Crippen LogP contribution is -2.31. The van der Waals surface area contributed by atoms with E-state index in [-0.39, 0.29) is 12.3 Å². The number of rotatable bonds is 6. The number of carbonyl (C=O) groups excluding carboxylic acids is 1. The van der Waals surface area contributed by atoms with Crippen molar-refractivity contribution in [2.24, 2.45) is 5.73 Å². The van der Waals surface area contributed by atoms with E-state index >= 15 is 0 Å². The van der Waals surface area contributed by atoms with Crippen LogP contribution >= 0.6 is 0 Å². The fourth-order valence-corrected chi connectivity index (χ4v) is 1.96. The zero-order chi connectivity index (χ0) is 12.5. The Labute approximate surface area is 103 Å². The molecule has 96 valence electrons. The van der Waals surface area contributed by atoms with Gasteiger partial charge in [0.05, 0.1) is 12.5 Å². The molecule has 1 amide bonds. The quantitative estimate of drug-likeness (QED) is 0.531. The number of nitrogens with two attached hydrogens (primary N) is 1. The van der Waals surface area contributed by atoms with Crippen LogP contribution in [0.5, 0.6) is 0 Å². The summed E-state index contributed by atoms with van der Waals surface area (Å²) < 4.78 is 5.73. The van der Waals surface area contributed by atoms with Gasteiger partial charge in [0.1, 0.15) is 0 Å². The molecule has 0 aromatic carbocycles. The van der Waals surface area contributed by atoms with E-state index in [1.165, 1.54) is 0 Å². The molecular weight excluding hydrogens is 216 g/mol. The molecule has 3 N–H and O–H groups in total. The molecule has 0 spiro atoms. The lowest BCUT2D eigenvalue weighted by Gasteiger charge is -2.26. The third-order valence-corrected chi connectivity index (χ3v) is 2.98. The van der Waals surface area contributed by atoms with Crippen molar-refractivity contribution in [3.63, 3.8) is 0 Å². The average Bonchev–Trinajstić information content (AvgIpc) is 2.31. The molecule has 1 aliphatic carbocycles. The molecule has 0 aromatic heterocycles. The van der Waals surface area contributed by atoms with Crippen molar-refractivity contribution >= 4 is 5.91 Å². The second-order valence-electron chi connectivity index (χ2n) is 4.49. The van der Waals surface area contributed by atoms with Crippen molar-refractivity contribution in [3.05, 3.63) is 0 Å². The number of amides is 1. The largest absolute Gasteiger partial charge is 0.378 e. The van der Waals surface area contributed by atoms with Crippen molar-refractivity contribution in [2.45, 2.75) is 50.7 Å². The monoisotopic (exact) mass is 238 g/mol. The molecule has 0 saturated heterocycles. The molecule has 4 nitrogen and oxygen atoms in total. The summed E-state index contributed by atoms with van der Waals surface area (Å²) in [6.07, 6.45) is 10.6. The van der Waals surface area contributed by atoms with E-state index in [1.807, 2.05) is 0 Å². The Balaban J connectivity index is 1.94. The fourth-order valence-electron chi connectivity index (χ4n) is 1.96. The minimum Gasteiger partial charge on any atom is -0.378 e.